The van der Waals surface area contributed by atoms with Crippen LogP contribution in [0.3, 0.4) is 0 Å². The monoisotopic (exact) mass is 304 g/mol. The Morgan fingerprint density at radius 3 is 2.89 bits per heavy atom. The highest BCUT2D eigenvalue weighted by Gasteiger charge is 2.35. The zero-order valence-corrected chi connectivity index (χ0v) is 11.3. The fourth-order valence-corrected chi connectivity index (χ4v) is 3.80. The Morgan fingerprint density at radius 2 is 2.26 bits per heavy atom. The maximum absolute atomic E-state index is 13.0. The Morgan fingerprint density at radius 1 is 1.53 bits per heavy atom. The topological polar surface area (TPSA) is 70.4 Å². The van der Waals surface area contributed by atoms with Gasteiger partial charge in [0.05, 0.1) is 24.3 Å². The summed E-state index contributed by atoms with van der Waals surface area (Å²) in [5.41, 5.74) is 0. The predicted octanol–water partition coefficient (Wildman–Crippen LogP) is 1.39. The first-order chi connectivity index (χ1) is 8.96. The summed E-state index contributed by atoms with van der Waals surface area (Å²) in [7, 11) is -3.94. The van der Waals surface area contributed by atoms with E-state index in [1.165, 1.54) is 0 Å². The Kier molecular flexibility index (Phi) is 4.06. The lowest BCUT2D eigenvalue weighted by Crippen LogP contribution is -2.47. The number of nitrogens with zero attached hydrogens (tertiary/aromatic N) is 2. The molecule has 19 heavy (non-hydrogen) atoms. The molecule has 0 saturated carbocycles. The number of ether oxygens (including phenoxy) is 1. The Labute approximate surface area is 115 Å². The van der Waals surface area contributed by atoms with Crippen LogP contribution in [0.4, 0.5) is 4.39 Å². The van der Waals surface area contributed by atoms with Gasteiger partial charge < -0.3 is 4.74 Å². The average molecular weight is 305 g/mol. The van der Waals surface area contributed by atoms with Gasteiger partial charge in [-0.3, -0.25) is 0 Å². The van der Waals surface area contributed by atoms with Gasteiger partial charge in [0, 0.05) is 6.54 Å². The molecule has 0 N–H and O–H groups in total. The molecule has 8 heteroatoms. The minimum atomic E-state index is -3.94. The van der Waals surface area contributed by atoms with Crippen LogP contribution < -0.4 is 0 Å². The second-order valence-corrected chi connectivity index (χ2v) is 6.18. The molecule has 1 heterocycles. The fourth-order valence-electron chi connectivity index (χ4n) is 1.79. The second-order valence-electron chi connectivity index (χ2n) is 3.91. The lowest BCUT2D eigenvalue weighted by atomic mass is 10.3. The van der Waals surface area contributed by atoms with Crippen LogP contribution in [0.1, 0.15) is 0 Å². The van der Waals surface area contributed by atoms with Gasteiger partial charge in [-0.05, 0) is 18.2 Å². The molecular formula is C11H10ClFN2O3S. The molecule has 1 unspecified atom stereocenters. The summed E-state index contributed by atoms with van der Waals surface area (Å²) in [6.45, 7) is 0.277. The van der Waals surface area contributed by atoms with Crippen LogP contribution in [0.2, 0.25) is 5.02 Å². The van der Waals surface area contributed by atoms with Crippen LogP contribution in [-0.2, 0) is 14.8 Å². The van der Waals surface area contributed by atoms with Gasteiger partial charge in [0.1, 0.15) is 16.8 Å². The Hall–Kier alpha value is -1.20. The van der Waals surface area contributed by atoms with E-state index >= 15 is 0 Å². The van der Waals surface area contributed by atoms with E-state index in [9.17, 15) is 12.8 Å². The van der Waals surface area contributed by atoms with Gasteiger partial charge in [0.15, 0.2) is 0 Å². The summed E-state index contributed by atoms with van der Waals surface area (Å²) in [5.74, 6) is -0.622. The SMILES string of the molecule is N#CC1COCCN1S(=O)(=O)c1ccc(F)cc1Cl. The van der Waals surface area contributed by atoms with Crippen molar-refractivity contribution in [3.05, 3.63) is 29.0 Å². The largest absolute Gasteiger partial charge is 0.377 e. The third-order valence-corrected chi connectivity index (χ3v) is 5.10. The second kappa shape index (κ2) is 5.43. The van der Waals surface area contributed by atoms with Crippen LogP contribution >= 0.6 is 11.6 Å². The van der Waals surface area contributed by atoms with Crippen LogP contribution in [0, 0.1) is 17.1 Å². The zero-order valence-electron chi connectivity index (χ0n) is 9.71. The molecule has 0 aliphatic carbocycles. The summed E-state index contributed by atoms with van der Waals surface area (Å²) in [4.78, 5) is -0.210. The number of halogens is 2. The third kappa shape index (κ3) is 2.72. The molecule has 5 nitrogen and oxygen atoms in total. The molecule has 1 aromatic rings. The number of nitriles is 1. The standard InChI is InChI=1S/C11H10ClFN2O3S/c12-10-5-8(13)1-2-11(10)19(16,17)15-3-4-18-7-9(15)6-14/h1-2,5,9H,3-4,7H2. The van der Waals surface area contributed by atoms with Gasteiger partial charge in [0.2, 0.25) is 10.0 Å². The van der Waals surface area contributed by atoms with Gasteiger partial charge >= 0.3 is 0 Å². The van der Waals surface area contributed by atoms with Gasteiger partial charge in [-0.1, -0.05) is 11.6 Å². The van der Waals surface area contributed by atoms with E-state index in [1.54, 1.807) is 0 Å². The molecule has 0 bridgehead atoms. The van der Waals surface area contributed by atoms with E-state index in [2.05, 4.69) is 0 Å². The van der Waals surface area contributed by atoms with Gasteiger partial charge in [-0.2, -0.15) is 9.57 Å². The van der Waals surface area contributed by atoms with Crippen molar-refractivity contribution < 1.29 is 17.5 Å². The highest BCUT2D eigenvalue weighted by atomic mass is 35.5. The summed E-state index contributed by atoms with van der Waals surface area (Å²) in [6, 6.07) is 4.00. The molecule has 0 spiro atoms. The molecule has 102 valence electrons. The van der Waals surface area contributed by atoms with Gasteiger partial charge in [0.25, 0.3) is 0 Å². The number of benzene rings is 1. The van der Waals surface area contributed by atoms with Crippen molar-refractivity contribution in [3.8, 4) is 6.07 Å². The highest BCUT2D eigenvalue weighted by Crippen LogP contribution is 2.27. The van der Waals surface area contributed by atoms with E-state index in [1.807, 2.05) is 6.07 Å². The molecule has 1 aromatic carbocycles. The number of hydrogen-bond acceptors (Lipinski definition) is 4. The van der Waals surface area contributed by atoms with Crippen molar-refractivity contribution >= 4 is 21.6 Å². The molecule has 1 aliphatic rings. The first-order valence-electron chi connectivity index (χ1n) is 5.41. The first-order valence-corrected chi connectivity index (χ1v) is 7.23. The van der Waals surface area contributed by atoms with Crippen molar-refractivity contribution in [3.63, 3.8) is 0 Å². The number of hydrogen-bond donors (Lipinski definition) is 0. The molecule has 2 rings (SSSR count). The third-order valence-electron chi connectivity index (χ3n) is 2.71. The van der Waals surface area contributed by atoms with Crippen molar-refractivity contribution in [2.75, 3.05) is 19.8 Å². The predicted molar refractivity (Wildman–Crippen MR) is 65.5 cm³/mol. The maximum Gasteiger partial charge on any atom is 0.245 e. The minimum Gasteiger partial charge on any atom is -0.377 e. The van der Waals surface area contributed by atoms with Crippen molar-refractivity contribution in [2.45, 2.75) is 10.9 Å². The first kappa shape index (κ1) is 14.2. The summed E-state index contributed by atoms with van der Waals surface area (Å²) in [5, 5.41) is 8.75. The number of rotatable bonds is 2. The Bertz CT molecular complexity index is 629. The quantitative estimate of drug-likeness (QED) is 0.828. The molecule has 0 aromatic heterocycles. The molecule has 1 aliphatic heterocycles. The smallest absolute Gasteiger partial charge is 0.245 e. The maximum atomic E-state index is 13.0. The minimum absolute atomic E-state index is 0.00848. The molecule has 1 atom stereocenters. The summed E-state index contributed by atoms with van der Waals surface area (Å²) in [6.07, 6.45) is 0. The van der Waals surface area contributed by atoms with Crippen LogP contribution in [-0.4, -0.2) is 38.5 Å². The van der Waals surface area contributed by atoms with E-state index < -0.39 is 21.9 Å². The average Bonchev–Trinajstić information content (AvgIpc) is 2.38. The van der Waals surface area contributed by atoms with Crippen LogP contribution in [0.15, 0.2) is 23.1 Å². The molecule has 1 saturated heterocycles. The fraction of sp³-hybridized carbons (Fsp3) is 0.364. The lowest BCUT2D eigenvalue weighted by molar-refractivity contribution is 0.0511. The van der Waals surface area contributed by atoms with Gasteiger partial charge in [-0.15, -0.1) is 0 Å². The van der Waals surface area contributed by atoms with Crippen molar-refractivity contribution in [1.29, 1.82) is 5.26 Å². The molecule has 0 radical (unpaired) electrons. The number of sulfonamides is 1. The highest BCUT2D eigenvalue weighted by molar-refractivity contribution is 7.89. The van der Waals surface area contributed by atoms with Gasteiger partial charge in [-0.25, -0.2) is 12.8 Å². The van der Waals surface area contributed by atoms with Crippen molar-refractivity contribution in [2.24, 2.45) is 0 Å². The van der Waals surface area contributed by atoms with Crippen LogP contribution in [0.5, 0.6) is 0 Å². The summed E-state index contributed by atoms with van der Waals surface area (Å²) >= 11 is 5.76. The lowest BCUT2D eigenvalue weighted by Gasteiger charge is -2.30. The van der Waals surface area contributed by atoms with E-state index in [4.69, 9.17) is 21.6 Å². The molecule has 1 fully saturated rings. The number of morpholine rings is 1. The van der Waals surface area contributed by atoms with Crippen LogP contribution in [0.25, 0.3) is 0 Å². The van der Waals surface area contributed by atoms with Crippen molar-refractivity contribution in [1.82, 2.24) is 4.31 Å². The molecular weight excluding hydrogens is 295 g/mol. The normalized spacial score (nSPS) is 21.0. The van der Waals surface area contributed by atoms with E-state index in [0.717, 1.165) is 22.5 Å². The summed E-state index contributed by atoms with van der Waals surface area (Å²) < 4.78 is 43.8. The Balaban J connectivity index is 2.44. The molecule has 0 amide bonds. The van der Waals surface area contributed by atoms with E-state index in [-0.39, 0.29) is 29.7 Å². The van der Waals surface area contributed by atoms with E-state index in [0.29, 0.717) is 0 Å². The zero-order chi connectivity index (χ0) is 14.0.